The van der Waals surface area contributed by atoms with E-state index >= 15 is 0 Å². The minimum Gasteiger partial charge on any atom is -0.311 e. The first-order valence-corrected chi connectivity index (χ1v) is 5.71. The van der Waals surface area contributed by atoms with Crippen LogP contribution < -0.4 is 5.32 Å². The highest BCUT2D eigenvalue weighted by atomic mass is 15.3. The van der Waals surface area contributed by atoms with Crippen LogP contribution in [0.4, 0.5) is 0 Å². The molecule has 1 unspecified atom stereocenters. The Morgan fingerprint density at radius 1 is 1.53 bits per heavy atom. The summed E-state index contributed by atoms with van der Waals surface area (Å²) in [5.74, 6) is 0.747. The van der Waals surface area contributed by atoms with Gasteiger partial charge in [-0.3, -0.25) is 10.8 Å². The summed E-state index contributed by atoms with van der Waals surface area (Å²) in [4.78, 5) is 6.04. The minimum absolute atomic E-state index is 0.00564. The van der Waals surface area contributed by atoms with E-state index in [4.69, 9.17) is 10.8 Å². The maximum atomic E-state index is 8.14. The number of hydrogen-bond donors (Lipinski definition) is 3. The molecule has 0 amide bonds. The summed E-state index contributed by atoms with van der Waals surface area (Å²) >= 11 is 0. The molecule has 2 rings (SSSR count). The van der Waals surface area contributed by atoms with Crippen LogP contribution in [0.1, 0.15) is 18.3 Å². The fourth-order valence-corrected chi connectivity index (χ4v) is 1.89. The number of nitrogens with one attached hydrogen (secondary N) is 3. The predicted molar refractivity (Wildman–Crippen MR) is 67.7 cm³/mol. The normalized spacial score (nSPS) is 20.5. The monoisotopic (exact) mass is 231 g/mol. The van der Waals surface area contributed by atoms with Crippen LogP contribution in [-0.2, 0) is 0 Å². The first-order chi connectivity index (χ1) is 8.09. The van der Waals surface area contributed by atoms with Crippen LogP contribution >= 0.6 is 0 Å². The Kier molecular flexibility index (Phi) is 3.19. The Bertz CT molecular complexity index is 454. The van der Waals surface area contributed by atoms with E-state index in [-0.39, 0.29) is 6.04 Å². The van der Waals surface area contributed by atoms with Crippen LogP contribution in [0, 0.1) is 17.7 Å². The highest BCUT2D eigenvalue weighted by Gasteiger charge is 2.25. The summed E-state index contributed by atoms with van der Waals surface area (Å²) in [6, 6.07) is 5.60. The molecule has 0 bridgehead atoms. The lowest BCUT2D eigenvalue weighted by Crippen LogP contribution is -2.55. The molecule has 1 aromatic heterocycles. The van der Waals surface area contributed by atoms with Gasteiger partial charge in [-0.1, -0.05) is 6.07 Å². The summed E-state index contributed by atoms with van der Waals surface area (Å²) < 4.78 is 0. The Labute approximate surface area is 101 Å². The Morgan fingerprint density at radius 2 is 2.29 bits per heavy atom. The van der Waals surface area contributed by atoms with Crippen LogP contribution in [0.2, 0.25) is 0 Å². The number of aryl methyl sites for hydroxylation is 1. The van der Waals surface area contributed by atoms with Crippen molar-refractivity contribution in [2.45, 2.75) is 19.9 Å². The number of pyridine rings is 1. The summed E-state index contributed by atoms with van der Waals surface area (Å²) in [5.41, 5.74) is 1.52. The van der Waals surface area contributed by atoms with Crippen LogP contribution in [0.5, 0.6) is 0 Å². The van der Waals surface area contributed by atoms with Crippen molar-refractivity contribution in [2.75, 3.05) is 13.1 Å². The van der Waals surface area contributed by atoms with Crippen molar-refractivity contribution in [3.05, 3.63) is 29.6 Å². The van der Waals surface area contributed by atoms with Crippen molar-refractivity contribution in [2.24, 2.45) is 0 Å². The third kappa shape index (κ3) is 2.34. The molecule has 1 aliphatic heterocycles. The van der Waals surface area contributed by atoms with Gasteiger partial charge in [0.25, 0.3) is 0 Å². The van der Waals surface area contributed by atoms with Crippen LogP contribution in [0.3, 0.4) is 0 Å². The predicted octanol–water partition coefficient (Wildman–Crippen LogP) is 0.986. The summed E-state index contributed by atoms with van der Waals surface area (Å²) in [7, 11) is 0. The number of nitrogens with zero attached hydrogens (tertiary/aromatic N) is 2. The van der Waals surface area contributed by atoms with Crippen LogP contribution in [0.25, 0.3) is 0 Å². The lowest BCUT2D eigenvalue weighted by molar-refractivity contribution is 0.462. The highest BCUT2D eigenvalue weighted by Crippen LogP contribution is 2.08. The van der Waals surface area contributed by atoms with Gasteiger partial charge in [-0.25, -0.2) is 4.98 Å². The van der Waals surface area contributed by atoms with Gasteiger partial charge in [-0.05, 0) is 26.0 Å². The topological polar surface area (TPSA) is 75.9 Å². The Morgan fingerprint density at radius 3 is 3.00 bits per heavy atom. The van der Waals surface area contributed by atoms with E-state index in [9.17, 15) is 0 Å². The second kappa shape index (κ2) is 4.63. The van der Waals surface area contributed by atoms with E-state index in [0.717, 1.165) is 12.2 Å². The van der Waals surface area contributed by atoms with Crippen molar-refractivity contribution in [3.8, 4) is 0 Å². The molecule has 0 radical (unpaired) electrons. The SMILES string of the molecule is Cc1cccc(C(=N)N2CCNC(C)C2=N)n1. The molecule has 1 saturated heterocycles. The van der Waals surface area contributed by atoms with Crippen LogP contribution in [-0.4, -0.2) is 40.7 Å². The molecule has 90 valence electrons. The molecule has 0 spiro atoms. The number of aromatic nitrogens is 1. The zero-order valence-corrected chi connectivity index (χ0v) is 10.1. The van der Waals surface area contributed by atoms with Gasteiger partial charge in [0.2, 0.25) is 0 Å². The van der Waals surface area contributed by atoms with Crippen molar-refractivity contribution >= 4 is 11.7 Å². The number of amidine groups is 2. The van der Waals surface area contributed by atoms with Crippen molar-refractivity contribution in [1.29, 1.82) is 10.8 Å². The van der Waals surface area contributed by atoms with Gasteiger partial charge in [-0.2, -0.15) is 0 Å². The Balaban J connectivity index is 2.22. The third-order valence-electron chi connectivity index (χ3n) is 2.89. The lowest BCUT2D eigenvalue weighted by atomic mass is 10.2. The summed E-state index contributed by atoms with van der Waals surface area (Å²) in [6.07, 6.45) is 0. The highest BCUT2D eigenvalue weighted by molar-refractivity contribution is 6.07. The first kappa shape index (κ1) is 11.7. The van der Waals surface area contributed by atoms with Gasteiger partial charge < -0.3 is 10.2 Å². The van der Waals surface area contributed by atoms with Crippen LogP contribution in [0.15, 0.2) is 18.2 Å². The van der Waals surface area contributed by atoms with E-state index in [1.165, 1.54) is 0 Å². The standard InChI is InChI=1S/C12H17N5/c1-8-4-3-5-10(16-8)12(14)17-7-6-15-9(2)11(17)13/h3-5,9,13-15H,6-7H2,1-2H3. The number of rotatable bonds is 1. The van der Waals surface area contributed by atoms with Crippen molar-refractivity contribution in [3.63, 3.8) is 0 Å². The molecule has 5 nitrogen and oxygen atoms in total. The molecule has 17 heavy (non-hydrogen) atoms. The molecule has 0 saturated carbocycles. The van der Waals surface area contributed by atoms with E-state index in [2.05, 4.69) is 10.3 Å². The quantitative estimate of drug-likeness (QED) is 0.498. The average Bonchev–Trinajstić information content (AvgIpc) is 2.32. The van der Waals surface area contributed by atoms with Gasteiger partial charge in [-0.15, -0.1) is 0 Å². The third-order valence-corrected chi connectivity index (χ3v) is 2.89. The molecule has 0 aromatic carbocycles. The molecule has 5 heteroatoms. The molecule has 1 atom stereocenters. The zero-order valence-electron chi connectivity index (χ0n) is 10.1. The van der Waals surface area contributed by atoms with Gasteiger partial charge in [0, 0.05) is 18.8 Å². The smallest absolute Gasteiger partial charge is 0.152 e. The van der Waals surface area contributed by atoms with Crippen molar-refractivity contribution in [1.82, 2.24) is 15.2 Å². The number of hydrogen-bond acceptors (Lipinski definition) is 4. The first-order valence-electron chi connectivity index (χ1n) is 5.71. The van der Waals surface area contributed by atoms with Gasteiger partial charge in [0.1, 0.15) is 11.5 Å². The maximum absolute atomic E-state index is 8.14. The fraction of sp³-hybridized carbons (Fsp3) is 0.417. The molecule has 1 aliphatic rings. The van der Waals surface area contributed by atoms with E-state index in [0.29, 0.717) is 23.9 Å². The fourth-order valence-electron chi connectivity index (χ4n) is 1.89. The second-order valence-electron chi connectivity index (χ2n) is 4.23. The molecule has 2 heterocycles. The minimum atomic E-state index is -0.00564. The molecule has 0 aliphatic carbocycles. The molecule has 1 aromatic rings. The Hall–Kier alpha value is -1.75. The lowest BCUT2D eigenvalue weighted by Gasteiger charge is -2.33. The van der Waals surface area contributed by atoms with Gasteiger partial charge >= 0.3 is 0 Å². The summed E-state index contributed by atoms with van der Waals surface area (Å²) in [5, 5.41) is 19.3. The maximum Gasteiger partial charge on any atom is 0.152 e. The molecule has 3 N–H and O–H groups in total. The van der Waals surface area contributed by atoms with E-state index in [1.807, 2.05) is 32.0 Å². The second-order valence-corrected chi connectivity index (χ2v) is 4.23. The van der Waals surface area contributed by atoms with E-state index in [1.54, 1.807) is 4.90 Å². The largest absolute Gasteiger partial charge is 0.311 e. The zero-order chi connectivity index (χ0) is 12.4. The molecule has 1 fully saturated rings. The average molecular weight is 231 g/mol. The summed E-state index contributed by atoms with van der Waals surface area (Å²) in [6.45, 7) is 5.28. The molecular formula is C12H17N5. The van der Waals surface area contributed by atoms with Crippen molar-refractivity contribution < 1.29 is 0 Å². The number of piperazine rings is 1. The van der Waals surface area contributed by atoms with E-state index < -0.39 is 0 Å². The van der Waals surface area contributed by atoms with Gasteiger partial charge in [0.05, 0.1) is 6.04 Å². The molecular weight excluding hydrogens is 214 g/mol. The van der Waals surface area contributed by atoms with Gasteiger partial charge in [0.15, 0.2) is 5.84 Å².